The quantitative estimate of drug-likeness (QED) is 0.528. The molecule has 2 N–H and O–H groups in total. The van der Waals surface area contributed by atoms with Crippen LogP contribution in [0.1, 0.15) is 30.9 Å². The van der Waals surface area contributed by atoms with Gasteiger partial charge in [-0.2, -0.15) is 5.26 Å². The summed E-state index contributed by atoms with van der Waals surface area (Å²) in [6, 6.07) is 15.2. The summed E-state index contributed by atoms with van der Waals surface area (Å²) in [5.74, 6) is -0.116. The molecule has 0 spiro atoms. The molecule has 0 aliphatic heterocycles. The van der Waals surface area contributed by atoms with Crippen LogP contribution in [0.3, 0.4) is 0 Å². The zero-order valence-electron chi connectivity index (χ0n) is 14.4. The number of carbonyl (C=O) groups is 1. The summed E-state index contributed by atoms with van der Waals surface area (Å²) in [6.07, 6.45) is 1.46. The molecule has 0 aliphatic rings. The van der Waals surface area contributed by atoms with E-state index in [1.807, 2.05) is 43.3 Å². The third-order valence-electron chi connectivity index (χ3n) is 3.76. The van der Waals surface area contributed by atoms with Crippen LogP contribution in [0, 0.1) is 18.3 Å². The number of hydrogen-bond donors (Lipinski definition) is 2. The molecule has 5 heteroatoms. The lowest BCUT2D eigenvalue weighted by molar-refractivity contribution is -0.112. The van der Waals surface area contributed by atoms with Crippen molar-refractivity contribution in [2.45, 2.75) is 26.7 Å². The summed E-state index contributed by atoms with van der Waals surface area (Å²) < 4.78 is 0.920. The number of para-hydroxylation sites is 1. The zero-order chi connectivity index (χ0) is 18.4. The maximum atomic E-state index is 12.3. The predicted molar refractivity (Wildman–Crippen MR) is 105 cm³/mol. The second-order valence-corrected chi connectivity index (χ2v) is 6.88. The Labute approximate surface area is 156 Å². The fourth-order valence-electron chi connectivity index (χ4n) is 2.39. The van der Waals surface area contributed by atoms with Crippen molar-refractivity contribution in [1.29, 1.82) is 5.26 Å². The Balaban J connectivity index is 2.19. The van der Waals surface area contributed by atoms with E-state index in [0.29, 0.717) is 11.6 Å². The number of nitriles is 1. The van der Waals surface area contributed by atoms with E-state index in [4.69, 9.17) is 0 Å². The maximum Gasteiger partial charge on any atom is 0.267 e. The third-order valence-corrected chi connectivity index (χ3v) is 4.28. The van der Waals surface area contributed by atoms with Crippen molar-refractivity contribution < 1.29 is 4.79 Å². The zero-order valence-corrected chi connectivity index (χ0v) is 16.0. The van der Waals surface area contributed by atoms with Gasteiger partial charge in [0.05, 0.1) is 0 Å². The number of aryl methyl sites for hydroxylation is 1. The van der Waals surface area contributed by atoms with E-state index in [1.165, 1.54) is 6.20 Å². The second kappa shape index (κ2) is 8.50. The molecule has 25 heavy (non-hydrogen) atoms. The summed E-state index contributed by atoms with van der Waals surface area (Å²) in [7, 11) is 0. The molecule has 0 heterocycles. The van der Waals surface area contributed by atoms with E-state index >= 15 is 0 Å². The Kier molecular flexibility index (Phi) is 6.37. The smallest absolute Gasteiger partial charge is 0.267 e. The van der Waals surface area contributed by atoms with Crippen LogP contribution in [0.25, 0.3) is 0 Å². The molecule has 0 aromatic heterocycles. The number of nitrogens with zero attached hydrogens (tertiary/aromatic N) is 1. The van der Waals surface area contributed by atoms with Crippen molar-refractivity contribution in [2.24, 2.45) is 0 Å². The molecule has 0 unspecified atom stereocenters. The molecule has 0 fully saturated rings. The minimum Gasteiger partial charge on any atom is -0.360 e. The van der Waals surface area contributed by atoms with Gasteiger partial charge in [0, 0.05) is 22.0 Å². The molecule has 0 atom stereocenters. The monoisotopic (exact) mass is 397 g/mol. The minimum atomic E-state index is -0.447. The predicted octanol–water partition coefficient (Wildman–Crippen LogP) is 5.34. The fourth-order valence-corrected chi connectivity index (χ4v) is 2.66. The van der Waals surface area contributed by atoms with E-state index in [9.17, 15) is 10.1 Å². The third kappa shape index (κ3) is 4.94. The first-order chi connectivity index (χ1) is 11.9. The molecule has 2 aromatic carbocycles. The molecule has 0 saturated heterocycles. The van der Waals surface area contributed by atoms with Crippen LogP contribution in [0.2, 0.25) is 0 Å². The standard InChI is InChI=1S/C20H20BrN3O/c1-13(2)18-6-4-5-14(3)19(18)23-12-15(11-22)20(25)24-17-9-7-16(21)8-10-17/h4-10,12-13,23H,1-3H3,(H,24,25)/b15-12-. The second-order valence-electron chi connectivity index (χ2n) is 5.97. The molecule has 0 bridgehead atoms. The van der Waals surface area contributed by atoms with Crippen LogP contribution >= 0.6 is 15.9 Å². The minimum absolute atomic E-state index is 0.0147. The van der Waals surface area contributed by atoms with E-state index in [0.717, 1.165) is 21.3 Å². The molecule has 0 radical (unpaired) electrons. The van der Waals surface area contributed by atoms with E-state index < -0.39 is 5.91 Å². The molecule has 128 valence electrons. The van der Waals surface area contributed by atoms with Crippen LogP contribution in [0.4, 0.5) is 11.4 Å². The normalized spacial score (nSPS) is 11.1. The first-order valence-electron chi connectivity index (χ1n) is 7.95. The Bertz CT molecular complexity index is 833. The lowest BCUT2D eigenvalue weighted by Gasteiger charge is -2.15. The molecule has 2 aromatic rings. The van der Waals surface area contributed by atoms with Crippen LogP contribution in [0.15, 0.2) is 58.7 Å². The first-order valence-corrected chi connectivity index (χ1v) is 8.75. The van der Waals surface area contributed by atoms with Gasteiger partial charge in [-0.05, 0) is 48.2 Å². The Morgan fingerprint density at radius 1 is 1.20 bits per heavy atom. The SMILES string of the molecule is Cc1cccc(C(C)C)c1N/C=C(/C#N)C(=O)Nc1ccc(Br)cc1. The van der Waals surface area contributed by atoms with Gasteiger partial charge in [-0.15, -0.1) is 0 Å². The van der Waals surface area contributed by atoms with Gasteiger partial charge >= 0.3 is 0 Å². The van der Waals surface area contributed by atoms with Crippen molar-refractivity contribution in [3.05, 3.63) is 69.8 Å². The maximum absolute atomic E-state index is 12.3. The number of anilines is 2. The van der Waals surface area contributed by atoms with E-state index in [-0.39, 0.29) is 5.57 Å². The average molecular weight is 398 g/mol. The Hall–Kier alpha value is -2.58. The number of hydrogen-bond acceptors (Lipinski definition) is 3. The summed E-state index contributed by atoms with van der Waals surface area (Å²) in [6.45, 7) is 6.21. The van der Waals surface area contributed by atoms with Crippen molar-refractivity contribution in [2.75, 3.05) is 10.6 Å². The molecule has 2 rings (SSSR count). The Morgan fingerprint density at radius 3 is 2.48 bits per heavy atom. The molecular formula is C20H20BrN3O. The number of benzene rings is 2. The summed E-state index contributed by atoms with van der Waals surface area (Å²) in [4.78, 5) is 12.3. The largest absolute Gasteiger partial charge is 0.360 e. The summed E-state index contributed by atoms with van der Waals surface area (Å²) >= 11 is 3.34. The number of amides is 1. The number of nitrogens with one attached hydrogen (secondary N) is 2. The number of rotatable bonds is 5. The van der Waals surface area contributed by atoms with Crippen molar-refractivity contribution >= 4 is 33.2 Å². The highest BCUT2D eigenvalue weighted by atomic mass is 79.9. The van der Waals surface area contributed by atoms with Crippen molar-refractivity contribution in [3.8, 4) is 6.07 Å². The van der Waals surface area contributed by atoms with Crippen molar-refractivity contribution in [1.82, 2.24) is 0 Å². The molecule has 0 saturated carbocycles. The lowest BCUT2D eigenvalue weighted by Crippen LogP contribution is -2.14. The molecule has 4 nitrogen and oxygen atoms in total. The van der Waals surface area contributed by atoms with E-state index in [1.54, 1.807) is 12.1 Å². The molecule has 1 amide bonds. The lowest BCUT2D eigenvalue weighted by atomic mass is 9.98. The van der Waals surface area contributed by atoms with Crippen LogP contribution in [-0.2, 0) is 4.79 Å². The number of halogens is 1. The van der Waals surface area contributed by atoms with E-state index in [2.05, 4.69) is 40.4 Å². The first kappa shape index (κ1) is 18.8. The fraction of sp³-hybridized carbons (Fsp3) is 0.200. The van der Waals surface area contributed by atoms with Gasteiger partial charge in [-0.1, -0.05) is 48.0 Å². The van der Waals surface area contributed by atoms with Crippen molar-refractivity contribution in [3.63, 3.8) is 0 Å². The van der Waals surface area contributed by atoms with Gasteiger partial charge in [-0.25, -0.2) is 0 Å². The van der Waals surface area contributed by atoms with Gasteiger partial charge in [-0.3, -0.25) is 4.79 Å². The topological polar surface area (TPSA) is 64.9 Å². The van der Waals surface area contributed by atoms with Crippen LogP contribution in [-0.4, -0.2) is 5.91 Å². The highest BCUT2D eigenvalue weighted by Crippen LogP contribution is 2.27. The van der Waals surface area contributed by atoms with Gasteiger partial charge in [0.1, 0.15) is 11.6 Å². The highest BCUT2D eigenvalue weighted by molar-refractivity contribution is 9.10. The summed E-state index contributed by atoms with van der Waals surface area (Å²) in [5, 5.41) is 15.2. The van der Waals surface area contributed by atoms with Gasteiger partial charge in [0.15, 0.2) is 0 Å². The van der Waals surface area contributed by atoms with Crippen LogP contribution < -0.4 is 10.6 Å². The van der Waals surface area contributed by atoms with Crippen LogP contribution in [0.5, 0.6) is 0 Å². The van der Waals surface area contributed by atoms with Gasteiger partial charge in [0.2, 0.25) is 0 Å². The van der Waals surface area contributed by atoms with Gasteiger partial charge in [0.25, 0.3) is 5.91 Å². The molecule has 0 aliphatic carbocycles. The molecular weight excluding hydrogens is 378 g/mol. The Morgan fingerprint density at radius 2 is 1.88 bits per heavy atom. The highest BCUT2D eigenvalue weighted by Gasteiger charge is 2.12. The average Bonchev–Trinajstić information content (AvgIpc) is 2.58. The number of carbonyl (C=O) groups excluding carboxylic acids is 1. The van der Waals surface area contributed by atoms with Gasteiger partial charge < -0.3 is 10.6 Å². The summed E-state index contributed by atoms with van der Waals surface area (Å²) in [5.41, 5.74) is 3.78.